The first-order valence-electron chi connectivity index (χ1n) is 7.74. The molecular formula is C19H13BrF3N3S. The Labute approximate surface area is 167 Å². The van der Waals surface area contributed by atoms with Gasteiger partial charge in [0.15, 0.2) is 0 Å². The standard InChI is InChI=1S/C19H13BrF3N3S/c1-2-12-6-3-4-7-13(12)18-14(19(21,22)23)10-11-16(25-18)26-27-17-9-5-8-15(20)24-17/h2-11H,1H2,(H,25,26). The molecule has 0 unspecified atom stereocenters. The molecule has 0 radical (unpaired) electrons. The number of anilines is 1. The van der Waals surface area contributed by atoms with Gasteiger partial charge in [0, 0.05) is 17.5 Å². The molecule has 138 valence electrons. The minimum atomic E-state index is -4.52. The summed E-state index contributed by atoms with van der Waals surface area (Å²) in [5, 5.41) is 0.652. The fourth-order valence-electron chi connectivity index (χ4n) is 2.39. The van der Waals surface area contributed by atoms with Gasteiger partial charge in [-0.05, 0) is 45.8 Å². The summed E-state index contributed by atoms with van der Waals surface area (Å²) >= 11 is 4.44. The lowest BCUT2D eigenvalue weighted by molar-refractivity contribution is -0.137. The van der Waals surface area contributed by atoms with Gasteiger partial charge in [0.2, 0.25) is 0 Å². The van der Waals surface area contributed by atoms with Crippen molar-refractivity contribution in [1.29, 1.82) is 0 Å². The van der Waals surface area contributed by atoms with Gasteiger partial charge < -0.3 is 4.72 Å². The summed E-state index contributed by atoms with van der Waals surface area (Å²) in [6, 6.07) is 14.4. The average Bonchev–Trinajstić information content (AvgIpc) is 2.65. The van der Waals surface area contributed by atoms with Crippen LogP contribution in [-0.4, -0.2) is 9.97 Å². The summed E-state index contributed by atoms with van der Waals surface area (Å²) in [6.07, 6.45) is -3.01. The SMILES string of the molecule is C=Cc1ccccc1-c1nc(NSc2cccc(Br)n2)ccc1C(F)(F)F. The molecule has 2 heterocycles. The van der Waals surface area contributed by atoms with Gasteiger partial charge in [0.1, 0.15) is 15.4 Å². The maximum absolute atomic E-state index is 13.5. The molecule has 0 amide bonds. The number of benzene rings is 1. The van der Waals surface area contributed by atoms with E-state index in [1.54, 1.807) is 36.4 Å². The first-order valence-corrected chi connectivity index (χ1v) is 9.35. The minimum absolute atomic E-state index is 0.147. The minimum Gasteiger partial charge on any atom is -0.309 e. The maximum atomic E-state index is 13.5. The lowest BCUT2D eigenvalue weighted by Gasteiger charge is -2.15. The summed E-state index contributed by atoms with van der Waals surface area (Å²) < 4.78 is 44.1. The number of rotatable bonds is 5. The molecule has 3 nitrogen and oxygen atoms in total. The van der Waals surface area contributed by atoms with E-state index in [4.69, 9.17) is 0 Å². The summed E-state index contributed by atoms with van der Waals surface area (Å²) in [4.78, 5) is 8.47. The van der Waals surface area contributed by atoms with E-state index in [9.17, 15) is 13.2 Å². The number of nitrogens with one attached hydrogen (secondary N) is 1. The molecule has 0 bridgehead atoms. The predicted molar refractivity (Wildman–Crippen MR) is 106 cm³/mol. The van der Waals surface area contributed by atoms with E-state index in [0.717, 1.165) is 18.0 Å². The number of hydrogen-bond donors (Lipinski definition) is 1. The van der Waals surface area contributed by atoms with Crippen molar-refractivity contribution in [2.45, 2.75) is 11.2 Å². The van der Waals surface area contributed by atoms with Crippen LogP contribution in [0, 0.1) is 0 Å². The zero-order valence-electron chi connectivity index (χ0n) is 13.8. The van der Waals surface area contributed by atoms with Crippen LogP contribution in [0.15, 0.2) is 70.8 Å². The quantitative estimate of drug-likeness (QED) is 0.346. The molecule has 0 aliphatic heterocycles. The van der Waals surface area contributed by atoms with E-state index in [0.29, 0.717) is 26.6 Å². The van der Waals surface area contributed by atoms with Crippen molar-refractivity contribution in [2.75, 3.05) is 4.72 Å². The first-order chi connectivity index (χ1) is 12.9. The van der Waals surface area contributed by atoms with Gasteiger partial charge in [-0.3, -0.25) is 0 Å². The number of alkyl halides is 3. The largest absolute Gasteiger partial charge is 0.418 e. The highest BCUT2D eigenvalue weighted by Crippen LogP contribution is 2.38. The Morgan fingerprint density at radius 2 is 1.78 bits per heavy atom. The van der Waals surface area contributed by atoms with E-state index in [1.165, 1.54) is 12.1 Å². The highest BCUT2D eigenvalue weighted by Gasteiger charge is 2.35. The van der Waals surface area contributed by atoms with Gasteiger partial charge in [0.05, 0.1) is 11.3 Å². The molecule has 0 fully saturated rings. The second-order valence-corrected chi connectivity index (χ2v) is 7.02. The maximum Gasteiger partial charge on any atom is 0.418 e. The van der Waals surface area contributed by atoms with Crippen molar-refractivity contribution in [3.05, 3.63) is 76.9 Å². The van der Waals surface area contributed by atoms with Crippen LogP contribution in [0.3, 0.4) is 0 Å². The molecule has 3 aromatic rings. The van der Waals surface area contributed by atoms with E-state index in [1.807, 2.05) is 6.07 Å². The molecule has 0 saturated carbocycles. The van der Waals surface area contributed by atoms with Crippen molar-refractivity contribution in [3.8, 4) is 11.3 Å². The van der Waals surface area contributed by atoms with E-state index in [-0.39, 0.29) is 5.69 Å². The topological polar surface area (TPSA) is 37.8 Å². The molecule has 0 aliphatic rings. The predicted octanol–water partition coefficient (Wildman–Crippen LogP) is 6.69. The highest BCUT2D eigenvalue weighted by molar-refractivity contribution is 9.10. The van der Waals surface area contributed by atoms with E-state index < -0.39 is 11.7 Å². The highest BCUT2D eigenvalue weighted by atomic mass is 79.9. The molecular weight excluding hydrogens is 439 g/mol. The zero-order valence-corrected chi connectivity index (χ0v) is 16.2. The molecule has 1 aromatic carbocycles. The monoisotopic (exact) mass is 451 g/mol. The number of halogens is 4. The van der Waals surface area contributed by atoms with Crippen molar-refractivity contribution < 1.29 is 13.2 Å². The van der Waals surface area contributed by atoms with Gasteiger partial charge in [-0.1, -0.05) is 43.0 Å². The van der Waals surface area contributed by atoms with Crippen molar-refractivity contribution in [3.63, 3.8) is 0 Å². The van der Waals surface area contributed by atoms with Crippen LogP contribution in [0.1, 0.15) is 11.1 Å². The molecule has 8 heteroatoms. The fourth-order valence-corrected chi connectivity index (χ4v) is 3.47. The van der Waals surface area contributed by atoms with Crippen LogP contribution in [0.2, 0.25) is 0 Å². The zero-order chi connectivity index (χ0) is 19.4. The van der Waals surface area contributed by atoms with Gasteiger partial charge >= 0.3 is 6.18 Å². The second kappa shape index (κ2) is 8.14. The van der Waals surface area contributed by atoms with Gasteiger partial charge in [-0.25, -0.2) is 9.97 Å². The van der Waals surface area contributed by atoms with Crippen molar-refractivity contribution >= 4 is 39.8 Å². The van der Waals surface area contributed by atoms with Gasteiger partial charge in [-0.2, -0.15) is 13.2 Å². The lowest BCUT2D eigenvalue weighted by Crippen LogP contribution is -2.09. The Morgan fingerprint density at radius 1 is 1.00 bits per heavy atom. The first kappa shape index (κ1) is 19.4. The molecule has 0 spiro atoms. The molecule has 0 atom stereocenters. The summed E-state index contributed by atoms with van der Waals surface area (Å²) in [5.41, 5.74) is 0.00162. The normalized spacial score (nSPS) is 11.3. The average molecular weight is 452 g/mol. The number of aromatic nitrogens is 2. The molecule has 0 aliphatic carbocycles. The fraction of sp³-hybridized carbons (Fsp3) is 0.0526. The Morgan fingerprint density at radius 3 is 2.48 bits per heavy atom. The molecule has 0 saturated heterocycles. The third-order valence-corrected chi connectivity index (χ3v) is 4.78. The third-order valence-electron chi connectivity index (χ3n) is 3.59. The number of nitrogens with zero attached hydrogens (tertiary/aromatic N) is 2. The summed E-state index contributed by atoms with van der Waals surface area (Å²) in [7, 11) is 0. The Bertz CT molecular complexity index is 976. The second-order valence-electron chi connectivity index (χ2n) is 5.38. The smallest absolute Gasteiger partial charge is 0.309 e. The van der Waals surface area contributed by atoms with Crippen LogP contribution in [0.25, 0.3) is 17.3 Å². The molecule has 2 aromatic heterocycles. The van der Waals surface area contributed by atoms with Gasteiger partial charge in [0.25, 0.3) is 0 Å². The summed E-state index contributed by atoms with van der Waals surface area (Å²) in [5.74, 6) is 0.295. The molecule has 3 rings (SSSR count). The van der Waals surface area contributed by atoms with Crippen LogP contribution in [0.5, 0.6) is 0 Å². The third kappa shape index (κ3) is 4.70. The van der Waals surface area contributed by atoms with Crippen LogP contribution in [0.4, 0.5) is 19.0 Å². The van der Waals surface area contributed by atoms with Crippen LogP contribution < -0.4 is 4.72 Å². The lowest BCUT2D eigenvalue weighted by atomic mass is 10.00. The number of pyridine rings is 2. The Kier molecular flexibility index (Phi) is 5.86. The molecule has 1 N–H and O–H groups in total. The van der Waals surface area contributed by atoms with E-state index in [2.05, 4.69) is 37.2 Å². The van der Waals surface area contributed by atoms with Crippen LogP contribution >= 0.6 is 27.9 Å². The van der Waals surface area contributed by atoms with Crippen LogP contribution in [-0.2, 0) is 6.18 Å². The Hall–Kier alpha value is -2.32. The van der Waals surface area contributed by atoms with Crippen molar-refractivity contribution in [2.24, 2.45) is 0 Å². The summed E-state index contributed by atoms with van der Waals surface area (Å²) in [6.45, 7) is 3.67. The van der Waals surface area contributed by atoms with Crippen molar-refractivity contribution in [1.82, 2.24) is 9.97 Å². The number of hydrogen-bond acceptors (Lipinski definition) is 4. The molecule has 27 heavy (non-hydrogen) atoms. The van der Waals surface area contributed by atoms with Gasteiger partial charge in [-0.15, -0.1) is 0 Å². The Balaban J connectivity index is 1.99. The van der Waals surface area contributed by atoms with E-state index >= 15 is 0 Å².